The zero-order chi connectivity index (χ0) is 9.84. The Morgan fingerprint density at radius 2 is 2.31 bits per heavy atom. The van der Waals surface area contributed by atoms with Crippen molar-refractivity contribution in [2.24, 2.45) is 5.14 Å². The number of ether oxygens (including phenoxy) is 1. The topological polar surface area (TPSA) is 52.3 Å². The van der Waals surface area contributed by atoms with Gasteiger partial charge < -0.3 is 4.74 Å². The number of hydrogen-bond donors (Lipinski definition) is 1. The second-order valence-corrected chi connectivity index (χ2v) is 3.57. The molecule has 0 aliphatic heterocycles. The van der Waals surface area contributed by atoms with Gasteiger partial charge in [-0.3, -0.25) is 0 Å². The quantitative estimate of drug-likeness (QED) is 0.799. The third-order valence-corrected chi connectivity index (χ3v) is 1.77. The van der Waals surface area contributed by atoms with E-state index in [1.165, 1.54) is 12.1 Å². The molecule has 0 saturated heterocycles. The molecule has 1 aromatic rings. The van der Waals surface area contributed by atoms with Crippen molar-refractivity contribution < 1.29 is 13.3 Å². The van der Waals surface area contributed by atoms with Gasteiger partial charge in [0.15, 0.2) is 17.5 Å². The van der Waals surface area contributed by atoms with Crippen LogP contribution >= 0.6 is 0 Å². The van der Waals surface area contributed by atoms with Crippen LogP contribution in [0.3, 0.4) is 0 Å². The highest BCUT2D eigenvalue weighted by Gasteiger charge is 2.03. The van der Waals surface area contributed by atoms with Crippen molar-refractivity contribution in [2.75, 3.05) is 5.94 Å². The van der Waals surface area contributed by atoms with E-state index in [9.17, 15) is 8.60 Å². The van der Waals surface area contributed by atoms with E-state index < -0.39 is 16.8 Å². The van der Waals surface area contributed by atoms with Crippen molar-refractivity contribution in [3.63, 3.8) is 0 Å². The Bertz CT molecular complexity index is 330. The number of aryl methyl sites for hydroxylation is 1. The summed E-state index contributed by atoms with van der Waals surface area (Å²) in [5.41, 5.74) is 0.804. The molecule has 0 fully saturated rings. The largest absolute Gasteiger partial charge is 0.476 e. The maximum atomic E-state index is 13.0. The molecule has 0 aliphatic carbocycles. The summed E-state index contributed by atoms with van der Waals surface area (Å²) in [7, 11) is -1.57. The Balaban J connectivity index is 2.72. The molecule has 2 N–H and O–H groups in total. The predicted molar refractivity (Wildman–Crippen MR) is 49.0 cm³/mol. The maximum absolute atomic E-state index is 13.0. The van der Waals surface area contributed by atoms with E-state index in [4.69, 9.17) is 9.88 Å². The number of halogens is 1. The van der Waals surface area contributed by atoms with Crippen molar-refractivity contribution in [2.45, 2.75) is 6.92 Å². The Kier molecular flexibility index (Phi) is 3.39. The Labute approximate surface area is 78.3 Å². The summed E-state index contributed by atoms with van der Waals surface area (Å²) in [6, 6.07) is 4.53. The average molecular weight is 203 g/mol. The predicted octanol–water partition coefficient (Wildman–Crippen LogP) is 1.09. The summed E-state index contributed by atoms with van der Waals surface area (Å²) >= 11 is 0. The summed E-state index contributed by atoms with van der Waals surface area (Å²) < 4.78 is 28.3. The third-order valence-electron chi connectivity index (χ3n) is 1.42. The molecule has 3 nitrogen and oxygen atoms in total. The molecular formula is C8H10FNO2S. The summed E-state index contributed by atoms with van der Waals surface area (Å²) in [6.07, 6.45) is 0. The number of benzene rings is 1. The Morgan fingerprint density at radius 3 is 2.85 bits per heavy atom. The van der Waals surface area contributed by atoms with Crippen molar-refractivity contribution in [1.29, 1.82) is 0 Å². The van der Waals surface area contributed by atoms with E-state index in [1.54, 1.807) is 13.0 Å². The first-order valence-corrected chi connectivity index (χ1v) is 4.99. The number of rotatable bonds is 3. The molecule has 0 aliphatic rings. The number of nitrogens with two attached hydrogens (primary N) is 1. The highest BCUT2D eigenvalue weighted by atomic mass is 32.2. The lowest BCUT2D eigenvalue weighted by Crippen LogP contribution is -2.13. The Morgan fingerprint density at radius 1 is 1.62 bits per heavy atom. The maximum Gasteiger partial charge on any atom is 0.177 e. The SMILES string of the molecule is Cc1ccc(OCS(N)=O)c(F)c1. The molecule has 0 amide bonds. The van der Waals surface area contributed by atoms with Crippen molar-refractivity contribution >= 4 is 11.0 Å². The highest BCUT2D eigenvalue weighted by molar-refractivity contribution is 7.82. The van der Waals surface area contributed by atoms with Crippen LogP contribution in [-0.2, 0) is 11.0 Å². The van der Waals surface area contributed by atoms with Crippen LogP contribution in [-0.4, -0.2) is 10.1 Å². The minimum absolute atomic E-state index is 0.0735. The lowest BCUT2D eigenvalue weighted by molar-refractivity contribution is 0.362. The normalized spacial score (nSPS) is 12.5. The van der Waals surface area contributed by atoms with Gasteiger partial charge in [0.1, 0.15) is 11.0 Å². The zero-order valence-corrected chi connectivity index (χ0v) is 7.94. The summed E-state index contributed by atoms with van der Waals surface area (Å²) in [4.78, 5) is 0. The molecule has 1 aromatic carbocycles. The molecule has 0 aromatic heterocycles. The fourth-order valence-corrected chi connectivity index (χ4v) is 1.09. The van der Waals surface area contributed by atoms with Crippen LogP contribution in [0.1, 0.15) is 5.56 Å². The van der Waals surface area contributed by atoms with Gasteiger partial charge in [0, 0.05) is 0 Å². The molecule has 1 unspecified atom stereocenters. The second-order valence-electron chi connectivity index (χ2n) is 2.58. The lowest BCUT2D eigenvalue weighted by Gasteiger charge is -2.04. The van der Waals surface area contributed by atoms with Gasteiger partial charge in [-0.2, -0.15) is 0 Å². The Hall–Kier alpha value is -0.940. The van der Waals surface area contributed by atoms with Crippen LogP contribution < -0.4 is 9.88 Å². The molecule has 13 heavy (non-hydrogen) atoms. The van der Waals surface area contributed by atoms with E-state index >= 15 is 0 Å². The molecule has 0 heterocycles. The average Bonchev–Trinajstić information content (AvgIpc) is 2.02. The first-order valence-electron chi connectivity index (χ1n) is 3.61. The fourth-order valence-electron chi connectivity index (χ4n) is 0.844. The first kappa shape index (κ1) is 10.1. The van der Waals surface area contributed by atoms with Crippen LogP contribution in [0.4, 0.5) is 4.39 Å². The van der Waals surface area contributed by atoms with E-state index in [0.717, 1.165) is 5.56 Å². The highest BCUT2D eigenvalue weighted by Crippen LogP contribution is 2.17. The van der Waals surface area contributed by atoms with E-state index in [1.807, 2.05) is 0 Å². The molecule has 0 spiro atoms. The summed E-state index contributed by atoms with van der Waals surface area (Å²) in [6.45, 7) is 1.77. The summed E-state index contributed by atoms with van der Waals surface area (Å²) in [5, 5.41) is 4.94. The molecular weight excluding hydrogens is 193 g/mol. The minimum atomic E-state index is -1.57. The molecule has 1 atom stereocenters. The molecule has 0 saturated carbocycles. The van der Waals surface area contributed by atoms with Gasteiger partial charge in [-0.1, -0.05) is 6.07 Å². The van der Waals surface area contributed by atoms with Crippen molar-refractivity contribution in [3.05, 3.63) is 29.6 Å². The van der Waals surface area contributed by atoms with Crippen molar-refractivity contribution in [1.82, 2.24) is 0 Å². The van der Waals surface area contributed by atoms with Crippen molar-refractivity contribution in [3.8, 4) is 5.75 Å². The minimum Gasteiger partial charge on any atom is -0.476 e. The number of hydrogen-bond acceptors (Lipinski definition) is 2. The van der Waals surface area contributed by atoms with Gasteiger partial charge in [0.25, 0.3) is 0 Å². The van der Waals surface area contributed by atoms with Crippen LogP contribution in [0.25, 0.3) is 0 Å². The van der Waals surface area contributed by atoms with Crippen LogP contribution in [0.15, 0.2) is 18.2 Å². The molecule has 5 heteroatoms. The molecule has 1 rings (SSSR count). The fraction of sp³-hybridized carbons (Fsp3) is 0.250. The van der Waals surface area contributed by atoms with Gasteiger partial charge in [-0.05, 0) is 24.6 Å². The van der Waals surface area contributed by atoms with E-state index in [-0.39, 0.29) is 11.7 Å². The summed E-state index contributed by atoms with van der Waals surface area (Å²) in [5.74, 6) is -0.588. The van der Waals surface area contributed by atoms with E-state index in [0.29, 0.717) is 0 Å². The van der Waals surface area contributed by atoms with Gasteiger partial charge >= 0.3 is 0 Å². The van der Waals surface area contributed by atoms with Gasteiger partial charge in [-0.25, -0.2) is 13.7 Å². The van der Waals surface area contributed by atoms with Gasteiger partial charge in [-0.15, -0.1) is 0 Å². The molecule has 72 valence electrons. The molecule has 0 bridgehead atoms. The zero-order valence-electron chi connectivity index (χ0n) is 7.12. The van der Waals surface area contributed by atoms with E-state index in [2.05, 4.69) is 0 Å². The standard InChI is InChI=1S/C8H10FNO2S/c1-6-2-3-8(7(9)4-6)12-5-13(10)11/h2-4H,5,10H2,1H3. The smallest absolute Gasteiger partial charge is 0.177 e. The van der Waals surface area contributed by atoms with Gasteiger partial charge in [0.2, 0.25) is 0 Å². The third kappa shape index (κ3) is 3.12. The lowest BCUT2D eigenvalue weighted by atomic mass is 10.2. The van der Waals surface area contributed by atoms with Gasteiger partial charge in [0.05, 0.1) is 0 Å². The van der Waals surface area contributed by atoms with Crippen LogP contribution in [0, 0.1) is 12.7 Å². The van der Waals surface area contributed by atoms with Crippen LogP contribution in [0.5, 0.6) is 5.75 Å². The van der Waals surface area contributed by atoms with Crippen LogP contribution in [0.2, 0.25) is 0 Å². The monoisotopic (exact) mass is 203 g/mol. The first-order chi connectivity index (χ1) is 6.09. The second kappa shape index (κ2) is 4.34. The molecule has 0 radical (unpaired) electrons.